The fourth-order valence-corrected chi connectivity index (χ4v) is 5.13. The first-order valence-corrected chi connectivity index (χ1v) is 11.6. The van der Waals surface area contributed by atoms with Crippen LogP contribution in [0, 0.1) is 0 Å². The minimum atomic E-state index is -3.02. The third kappa shape index (κ3) is 4.84. The number of carbonyl (C=O) groups excluding carboxylic acids is 2. The Morgan fingerprint density at radius 2 is 1.61 bits per heavy atom. The van der Waals surface area contributed by atoms with E-state index in [2.05, 4.69) is 13.8 Å². The molecule has 154 valence electrons. The Morgan fingerprint density at radius 3 is 2.18 bits per heavy atom. The van der Waals surface area contributed by atoms with Gasteiger partial charge in [-0.15, -0.1) is 0 Å². The molecular weight excluding hydrogens is 380 g/mol. The molecule has 1 aromatic rings. The van der Waals surface area contributed by atoms with Gasteiger partial charge in [0.05, 0.1) is 11.5 Å². The second kappa shape index (κ2) is 8.51. The van der Waals surface area contributed by atoms with Gasteiger partial charge in [-0.1, -0.05) is 0 Å². The number of amides is 2. The van der Waals surface area contributed by atoms with Crippen molar-refractivity contribution in [2.24, 2.45) is 0 Å². The molecule has 2 atom stereocenters. The highest BCUT2D eigenvalue weighted by atomic mass is 32.2. The summed E-state index contributed by atoms with van der Waals surface area (Å²) < 4.78 is 28.6. The van der Waals surface area contributed by atoms with E-state index in [-0.39, 0.29) is 55.1 Å². The van der Waals surface area contributed by atoms with Crippen molar-refractivity contribution in [2.75, 3.05) is 31.2 Å². The highest BCUT2D eigenvalue weighted by Gasteiger charge is 2.29. The molecule has 1 aromatic carbocycles. The van der Waals surface area contributed by atoms with Crippen molar-refractivity contribution in [2.45, 2.75) is 45.2 Å². The molecule has 2 amide bonds. The van der Waals surface area contributed by atoms with E-state index in [1.165, 1.54) is 0 Å². The largest absolute Gasteiger partial charge is 0.484 e. The van der Waals surface area contributed by atoms with Gasteiger partial charge in [0, 0.05) is 30.7 Å². The number of sulfone groups is 1. The zero-order valence-electron chi connectivity index (χ0n) is 16.5. The normalized spacial score (nSPS) is 24.6. The number of piperidine rings is 1. The summed E-state index contributed by atoms with van der Waals surface area (Å²) in [6, 6.07) is 7.10. The molecule has 7 nitrogen and oxygen atoms in total. The topological polar surface area (TPSA) is 84.0 Å². The van der Waals surface area contributed by atoms with Crippen molar-refractivity contribution in [3.8, 4) is 5.75 Å². The van der Waals surface area contributed by atoms with Crippen molar-refractivity contribution in [3.05, 3.63) is 29.8 Å². The van der Waals surface area contributed by atoms with E-state index in [4.69, 9.17) is 4.74 Å². The first-order chi connectivity index (χ1) is 13.3. The zero-order chi connectivity index (χ0) is 20.3. The second-order valence-corrected chi connectivity index (χ2v) is 9.99. The molecule has 0 spiro atoms. The smallest absolute Gasteiger partial charge is 0.260 e. The van der Waals surface area contributed by atoms with Crippen LogP contribution >= 0.6 is 0 Å². The maximum absolute atomic E-state index is 12.5. The molecule has 3 rings (SSSR count). The second-order valence-electron chi connectivity index (χ2n) is 7.69. The summed E-state index contributed by atoms with van der Waals surface area (Å²) in [6.45, 7) is 4.56. The molecule has 0 bridgehead atoms. The van der Waals surface area contributed by atoms with Gasteiger partial charge in [-0.3, -0.25) is 9.59 Å². The lowest BCUT2D eigenvalue weighted by atomic mass is 9.97. The first kappa shape index (κ1) is 20.6. The Hall–Kier alpha value is -2.09. The van der Waals surface area contributed by atoms with Crippen LogP contribution in [0.5, 0.6) is 5.75 Å². The Kier molecular flexibility index (Phi) is 6.27. The van der Waals surface area contributed by atoms with Gasteiger partial charge >= 0.3 is 0 Å². The van der Waals surface area contributed by atoms with Crippen molar-refractivity contribution in [1.29, 1.82) is 0 Å². The first-order valence-electron chi connectivity index (χ1n) is 9.80. The van der Waals surface area contributed by atoms with Crippen LogP contribution in [0.2, 0.25) is 0 Å². The molecule has 28 heavy (non-hydrogen) atoms. The highest BCUT2D eigenvalue weighted by Crippen LogP contribution is 2.23. The lowest BCUT2D eigenvalue weighted by molar-refractivity contribution is -0.139. The van der Waals surface area contributed by atoms with Crippen molar-refractivity contribution < 1.29 is 22.7 Å². The molecule has 0 saturated carbocycles. The fourth-order valence-electron chi connectivity index (χ4n) is 3.92. The van der Waals surface area contributed by atoms with Gasteiger partial charge in [-0.25, -0.2) is 8.42 Å². The minimum Gasteiger partial charge on any atom is -0.484 e. The molecule has 2 aliphatic heterocycles. The molecule has 2 aliphatic rings. The zero-order valence-corrected chi connectivity index (χ0v) is 17.3. The van der Waals surface area contributed by atoms with E-state index in [1.54, 1.807) is 29.2 Å². The van der Waals surface area contributed by atoms with Gasteiger partial charge in [0.2, 0.25) is 0 Å². The summed E-state index contributed by atoms with van der Waals surface area (Å²) in [5.41, 5.74) is 0.483. The molecule has 0 aromatic heterocycles. The summed E-state index contributed by atoms with van der Waals surface area (Å²) in [5.74, 6) is 0.344. The molecule has 2 unspecified atom stereocenters. The number of likely N-dealkylation sites (tertiary alicyclic amines) is 1. The van der Waals surface area contributed by atoms with Crippen molar-refractivity contribution >= 4 is 21.7 Å². The molecule has 0 aliphatic carbocycles. The summed E-state index contributed by atoms with van der Waals surface area (Å²) in [7, 11) is -3.02. The van der Waals surface area contributed by atoms with Crippen LogP contribution < -0.4 is 4.74 Å². The SMILES string of the molecule is CC1CCCC(C)N1C(=O)COc1ccc(C(=O)N2CCS(=O)(=O)CC2)cc1. The highest BCUT2D eigenvalue weighted by molar-refractivity contribution is 7.91. The Labute approximate surface area is 166 Å². The van der Waals surface area contributed by atoms with Crippen LogP contribution in [0.3, 0.4) is 0 Å². The van der Waals surface area contributed by atoms with Crippen LogP contribution in [0.15, 0.2) is 24.3 Å². The minimum absolute atomic E-state index is 0.00932. The number of rotatable bonds is 4. The summed E-state index contributed by atoms with van der Waals surface area (Å²) in [5, 5.41) is 0. The van der Waals surface area contributed by atoms with E-state index >= 15 is 0 Å². The summed E-state index contributed by atoms with van der Waals surface area (Å²) >= 11 is 0. The van der Waals surface area contributed by atoms with E-state index in [1.807, 2.05) is 4.90 Å². The van der Waals surface area contributed by atoms with E-state index in [9.17, 15) is 18.0 Å². The third-order valence-corrected chi connectivity index (χ3v) is 7.19. The van der Waals surface area contributed by atoms with Crippen LogP contribution in [-0.4, -0.2) is 73.3 Å². The molecule has 0 N–H and O–H groups in total. The predicted octanol–water partition coefficient (Wildman–Crippen LogP) is 1.73. The van der Waals surface area contributed by atoms with Gasteiger partial charge < -0.3 is 14.5 Å². The predicted molar refractivity (Wildman–Crippen MR) is 106 cm³/mol. The average molecular weight is 409 g/mol. The van der Waals surface area contributed by atoms with Gasteiger partial charge in [-0.2, -0.15) is 0 Å². The number of hydrogen-bond acceptors (Lipinski definition) is 5. The van der Waals surface area contributed by atoms with Crippen LogP contribution in [0.25, 0.3) is 0 Å². The van der Waals surface area contributed by atoms with Gasteiger partial charge in [0.25, 0.3) is 11.8 Å². The summed E-state index contributed by atoms with van der Waals surface area (Å²) in [6.07, 6.45) is 3.18. The lowest BCUT2D eigenvalue weighted by Crippen LogP contribution is -2.49. The van der Waals surface area contributed by atoms with E-state index in [0.29, 0.717) is 11.3 Å². The molecule has 2 saturated heterocycles. The molecule has 2 heterocycles. The Balaban J connectivity index is 1.54. The number of ether oxygens (including phenoxy) is 1. The summed E-state index contributed by atoms with van der Waals surface area (Å²) in [4.78, 5) is 28.5. The maximum Gasteiger partial charge on any atom is 0.260 e. The number of hydrogen-bond donors (Lipinski definition) is 0. The average Bonchev–Trinajstić information content (AvgIpc) is 2.66. The number of benzene rings is 1. The van der Waals surface area contributed by atoms with Crippen LogP contribution in [0.1, 0.15) is 43.5 Å². The number of carbonyl (C=O) groups is 2. The van der Waals surface area contributed by atoms with Crippen molar-refractivity contribution in [3.63, 3.8) is 0 Å². The van der Waals surface area contributed by atoms with Crippen molar-refractivity contribution in [1.82, 2.24) is 9.80 Å². The van der Waals surface area contributed by atoms with Gasteiger partial charge in [0.1, 0.15) is 5.75 Å². The molecule has 2 fully saturated rings. The lowest BCUT2D eigenvalue weighted by Gasteiger charge is -2.38. The standard InChI is InChI=1S/C20H28N2O5S/c1-15-4-3-5-16(2)22(15)19(23)14-27-18-8-6-17(7-9-18)20(24)21-10-12-28(25,26)13-11-21/h6-9,15-16H,3-5,10-14H2,1-2H3. The Morgan fingerprint density at radius 1 is 1.04 bits per heavy atom. The van der Waals surface area contributed by atoms with Crippen LogP contribution in [0.4, 0.5) is 0 Å². The maximum atomic E-state index is 12.5. The number of nitrogens with zero attached hydrogens (tertiary/aromatic N) is 2. The van der Waals surface area contributed by atoms with E-state index in [0.717, 1.165) is 19.3 Å². The quantitative estimate of drug-likeness (QED) is 0.758. The van der Waals surface area contributed by atoms with Gasteiger partial charge in [0.15, 0.2) is 16.4 Å². The Bertz CT molecular complexity index is 798. The third-order valence-electron chi connectivity index (χ3n) is 5.58. The molecular formula is C20H28N2O5S. The van der Waals surface area contributed by atoms with Crippen LogP contribution in [-0.2, 0) is 14.6 Å². The monoisotopic (exact) mass is 408 g/mol. The fraction of sp³-hybridized carbons (Fsp3) is 0.600. The van der Waals surface area contributed by atoms with E-state index < -0.39 is 9.84 Å². The molecule has 0 radical (unpaired) electrons. The molecule has 8 heteroatoms. The van der Waals surface area contributed by atoms with Gasteiger partial charge in [-0.05, 0) is 57.4 Å².